The standard InChI is InChI=1S/C18H19N5O2/c1-12(14-6-7-14)23-16(8-9-21-23)22-17(24)11-20-18(25)15-4-2-13(10-19)3-5-15/h2-5,8-9,12,14H,6-7,11H2,1H3,(H,20,25)(H,22,24)/t12-/m0/s1. The summed E-state index contributed by atoms with van der Waals surface area (Å²) in [5.41, 5.74) is 0.881. The van der Waals surface area contributed by atoms with Gasteiger partial charge in [-0.25, -0.2) is 4.68 Å². The van der Waals surface area contributed by atoms with Crippen LogP contribution in [0.4, 0.5) is 5.82 Å². The average molecular weight is 337 g/mol. The summed E-state index contributed by atoms with van der Waals surface area (Å²) in [7, 11) is 0. The molecular formula is C18H19N5O2. The van der Waals surface area contributed by atoms with Gasteiger partial charge in [-0.15, -0.1) is 0 Å². The van der Waals surface area contributed by atoms with Crippen LogP contribution in [0.1, 0.15) is 41.7 Å². The van der Waals surface area contributed by atoms with Crippen LogP contribution >= 0.6 is 0 Å². The third-order valence-corrected chi connectivity index (χ3v) is 4.31. The first-order valence-electron chi connectivity index (χ1n) is 8.20. The second kappa shape index (κ2) is 7.18. The number of carbonyl (C=O) groups excluding carboxylic acids is 2. The van der Waals surface area contributed by atoms with Crippen molar-refractivity contribution in [3.8, 4) is 6.07 Å². The van der Waals surface area contributed by atoms with Crippen molar-refractivity contribution in [1.29, 1.82) is 5.26 Å². The minimum absolute atomic E-state index is 0.137. The summed E-state index contributed by atoms with van der Waals surface area (Å²) in [5, 5.41) is 18.4. The number of benzene rings is 1. The van der Waals surface area contributed by atoms with Gasteiger partial charge in [0.2, 0.25) is 5.91 Å². The predicted molar refractivity (Wildman–Crippen MR) is 91.8 cm³/mol. The largest absolute Gasteiger partial charge is 0.343 e. The Kier molecular flexibility index (Phi) is 4.80. The Balaban J connectivity index is 1.53. The molecule has 128 valence electrons. The molecule has 25 heavy (non-hydrogen) atoms. The summed E-state index contributed by atoms with van der Waals surface area (Å²) < 4.78 is 1.82. The van der Waals surface area contributed by atoms with Crippen LogP contribution in [0.2, 0.25) is 0 Å². The number of hydrogen-bond donors (Lipinski definition) is 2. The van der Waals surface area contributed by atoms with Gasteiger partial charge in [-0.1, -0.05) is 0 Å². The van der Waals surface area contributed by atoms with Gasteiger partial charge in [-0.2, -0.15) is 10.4 Å². The van der Waals surface area contributed by atoms with Crippen molar-refractivity contribution in [2.75, 3.05) is 11.9 Å². The summed E-state index contributed by atoms with van der Waals surface area (Å²) in [5.74, 6) is 0.579. The fourth-order valence-electron chi connectivity index (χ4n) is 2.66. The van der Waals surface area contributed by atoms with Crippen molar-refractivity contribution in [1.82, 2.24) is 15.1 Å². The summed E-state index contributed by atoms with van der Waals surface area (Å²) in [6, 6.07) is 10.2. The van der Waals surface area contributed by atoms with E-state index in [1.807, 2.05) is 10.8 Å². The molecule has 0 unspecified atom stereocenters. The molecule has 0 spiro atoms. The smallest absolute Gasteiger partial charge is 0.251 e. The topological polar surface area (TPSA) is 99.8 Å². The molecule has 0 aliphatic heterocycles. The first kappa shape index (κ1) is 16.7. The van der Waals surface area contributed by atoms with E-state index in [1.165, 1.54) is 12.8 Å². The maximum absolute atomic E-state index is 12.1. The lowest BCUT2D eigenvalue weighted by Gasteiger charge is -2.15. The van der Waals surface area contributed by atoms with Crippen molar-refractivity contribution in [2.45, 2.75) is 25.8 Å². The predicted octanol–water partition coefficient (Wildman–Crippen LogP) is 2.09. The van der Waals surface area contributed by atoms with Crippen LogP contribution in [0.5, 0.6) is 0 Å². The summed E-state index contributed by atoms with van der Waals surface area (Å²) in [6.07, 6.45) is 4.04. The molecule has 1 heterocycles. The van der Waals surface area contributed by atoms with Crippen LogP contribution < -0.4 is 10.6 Å². The van der Waals surface area contributed by atoms with Crippen molar-refractivity contribution >= 4 is 17.6 Å². The van der Waals surface area contributed by atoms with E-state index in [4.69, 9.17) is 5.26 Å². The molecule has 7 heteroatoms. The number of anilines is 1. The number of nitrogens with zero attached hydrogens (tertiary/aromatic N) is 3. The fourth-order valence-corrected chi connectivity index (χ4v) is 2.66. The Labute approximate surface area is 145 Å². The zero-order valence-corrected chi connectivity index (χ0v) is 13.9. The van der Waals surface area contributed by atoms with Gasteiger partial charge in [0.1, 0.15) is 5.82 Å². The monoisotopic (exact) mass is 337 g/mol. The lowest BCUT2D eigenvalue weighted by molar-refractivity contribution is -0.115. The molecule has 1 aromatic heterocycles. The third kappa shape index (κ3) is 4.04. The molecule has 2 aromatic rings. The molecule has 1 fully saturated rings. The van der Waals surface area contributed by atoms with Gasteiger partial charge in [0.25, 0.3) is 5.91 Å². The summed E-state index contributed by atoms with van der Waals surface area (Å²) in [6.45, 7) is 1.95. The van der Waals surface area contributed by atoms with Crippen molar-refractivity contribution < 1.29 is 9.59 Å². The summed E-state index contributed by atoms with van der Waals surface area (Å²) in [4.78, 5) is 24.1. The van der Waals surface area contributed by atoms with Crippen LogP contribution in [0.25, 0.3) is 0 Å². The number of nitrogens with one attached hydrogen (secondary N) is 2. The Morgan fingerprint density at radius 3 is 2.68 bits per heavy atom. The molecule has 1 aromatic carbocycles. The minimum atomic E-state index is -0.362. The second-order valence-electron chi connectivity index (χ2n) is 6.16. The second-order valence-corrected chi connectivity index (χ2v) is 6.16. The van der Waals surface area contributed by atoms with Gasteiger partial charge < -0.3 is 10.6 Å². The van der Waals surface area contributed by atoms with Crippen LogP contribution in [0.15, 0.2) is 36.5 Å². The first-order chi connectivity index (χ1) is 12.1. The molecule has 2 amide bonds. The van der Waals surface area contributed by atoms with E-state index in [0.717, 1.165) is 0 Å². The van der Waals surface area contributed by atoms with E-state index in [-0.39, 0.29) is 24.4 Å². The molecule has 7 nitrogen and oxygen atoms in total. The third-order valence-electron chi connectivity index (χ3n) is 4.31. The normalized spacial score (nSPS) is 14.4. The number of rotatable bonds is 6. The Bertz CT molecular complexity index is 815. The lowest BCUT2D eigenvalue weighted by Crippen LogP contribution is -2.33. The van der Waals surface area contributed by atoms with E-state index in [1.54, 1.807) is 36.5 Å². The average Bonchev–Trinajstić information content (AvgIpc) is 3.39. The van der Waals surface area contributed by atoms with E-state index in [2.05, 4.69) is 22.7 Å². The highest BCUT2D eigenvalue weighted by atomic mass is 16.2. The number of nitriles is 1. The van der Waals surface area contributed by atoms with Gasteiger partial charge in [-0.05, 0) is 49.9 Å². The molecular weight excluding hydrogens is 318 g/mol. The molecule has 0 saturated heterocycles. The van der Waals surface area contributed by atoms with E-state index >= 15 is 0 Å². The highest BCUT2D eigenvalue weighted by Gasteiger charge is 2.30. The maximum Gasteiger partial charge on any atom is 0.251 e. The Morgan fingerprint density at radius 1 is 1.32 bits per heavy atom. The maximum atomic E-state index is 12.1. The molecule has 0 radical (unpaired) electrons. The van der Waals surface area contributed by atoms with E-state index in [9.17, 15) is 9.59 Å². The quantitative estimate of drug-likeness (QED) is 0.843. The highest BCUT2D eigenvalue weighted by Crippen LogP contribution is 2.40. The van der Waals surface area contributed by atoms with E-state index in [0.29, 0.717) is 22.9 Å². The lowest BCUT2D eigenvalue weighted by atomic mass is 10.1. The Morgan fingerprint density at radius 2 is 2.04 bits per heavy atom. The molecule has 0 bridgehead atoms. The van der Waals surface area contributed by atoms with Crippen molar-refractivity contribution in [3.05, 3.63) is 47.7 Å². The van der Waals surface area contributed by atoms with Gasteiger partial charge in [0, 0.05) is 11.6 Å². The van der Waals surface area contributed by atoms with Crippen LogP contribution in [-0.2, 0) is 4.79 Å². The van der Waals surface area contributed by atoms with Gasteiger partial charge in [0.15, 0.2) is 0 Å². The molecule has 1 saturated carbocycles. The van der Waals surface area contributed by atoms with Crippen LogP contribution in [0.3, 0.4) is 0 Å². The molecule has 1 aliphatic rings. The van der Waals surface area contributed by atoms with Gasteiger partial charge in [-0.3, -0.25) is 9.59 Å². The zero-order valence-electron chi connectivity index (χ0n) is 13.9. The molecule has 1 atom stereocenters. The molecule has 1 aliphatic carbocycles. The number of amides is 2. The molecule has 2 N–H and O–H groups in total. The van der Waals surface area contributed by atoms with Gasteiger partial charge in [0.05, 0.1) is 30.4 Å². The zero-order chi connectivity index (χ0) is 17.8. The number of carbonyl (C=O) groups is 2. The van der Waals surface area contributed by atoms with E-state index < -0.39 is 0 Å². The summed E-state index contributed by atoms with van der Waals surface area (Å²) >= 11 is 0. The molecule has 3 rings (SSSR count). The Hall–Kier alpha value is -3.14. The number of aromatic nitrogens is 2. The van der Waals surface area contributed by atoms with Gasteiger partial charge >= 0.3 is 0 Å². The van der Waals surface area contributed by atoms with Crippen molar-refractivity contribution in [2.24, 2.45) is 5.92 Å². The van der Waals surface area contributed by atoms with Crippen molar-refractivity contribution in [3.63, 3.8) is 0 Å². The van der Waals surface area contributed by atoms with Crippen LogP contribution in [0, 0.1) is 17.2 Å². The SMILES string of the molecule is C[C@@H](C1CC1)n1nccc1NC(=O)CNC(=O)c1ccc(C#N)cc1. The van der Waals surface area contributed by atoms with Crippen LogP contribution in [-0.4, -0.2) is 28.1 Å². The highest BCUT2D eigenvalue weighted by molar-refractivity contribution is 5.99. The fraction of sp³-hybridized carbons (Fsp3) is 0.333. The number of hydrogen-bond acceptors (Lipinski definition) is 4. The minimum Gasteiger partial charge on any atom is -0.343 e. The first-order valence-corrected chi connectivity index (χ1v) is 8.20.